The van der Waals surface area contributed by atoms with E-state index in [0.717, 1.165) is 19.3 Å². The molecule has 0 radical (unpaired) electrons. The Hall–Kier alpha value is -2.34. The molecule has 0 aromatic heterocycles. The van der Waals surface area contributed by atoms with Gasteiger partial charge in [0, 0.05) is 4.47 Å². The van der Waals surface area contributed by atoms with Gasteiger partial charge in [-0.15, -0.1) is 0 Å². The van der Waals surface area contributed by atoms with Crippen molar-refractivity contribution in [2.45, 2.75) is 33.1 Å². The Morgan fingerprint density at radius 1 is 0.963 bits per heavy atom. The van der Waals surface area contributed by atoms with Gasteiger partial charge in [-0.05, 0) is 55.8 Å². The molecular weight excluding hydrogens is 412 g/mol. The predicted octanol–water partition coefficient (Wildman–Crippen LogP) is 5.41. The number of ether oxygens (including phenoxy) is 3. The van der Waals surface area contributed by atoms with Gasteiger partial charge < -0.3 is 14.2 Å². The molecule has 0 spiro atoms. The molecule has 0 amide bonds. The highest BCUT2D eigenvalue weighted by molar-refractivity contribution is 9.10. The molecule has 0 saturated carbocycles. The van der Waals surface area contributed by atoms with Crippen LogP contribution in [-0.4, -0.2) is 25.2 Å². The summed E-state index contributed by atoms with van der Waals surface area (Å²) in [4.78, 5) is 24.5. The minimum Gasteiger partial charge on any atom is -0.494 e. The van der Waals surface area contributed by atoms with Crippen LogP contribution in [-0.2, 0) is 4.74 Å². The second kappa shape index (κ2) is 10.7. The SMILES string of the molecule is CCCCCOc1ccc(C(=O)Oc2ccc(Br)cc2C(=O)OCC)cc1. The van der Waals surface area contributed by atoms with Gasteiger partial charge in [-0.2, -0.15) is 0 Å². The molecule has 2 rings (SSSR count). The number of hydrogen-bond donors (Lipinski definition) is 0. The van der Waals surface area contributed by atoms with Gasteiger partial charge in [0.2, 0.25) is 0 Å². The minimum atomic E-state index is -0.555. The van der Waals surface area contributed by atoms with Crippen molar-refractivity contribution < 1.29 is 23.8 Å². The van der Waals surface area contributed by atoms with E-state index in [1.54, 1.807) is 49.4 Å². The van der Waals surface area contributed by atoms with Crippen molar-refractivity contribution in [1.82, 2.24) is 0 Å². The van der Waals surface area contributed by atoms with Crippen molar-refractivity contribution in [1.29, 1.82) is 0 Å². The predicted molar refractivity (Wildman–Crippen MR) is 107 cm³/mol. The van der Waals surface area contributed by atoms with Crippen LogP contribution in [0.1, 0.15) is 53.8 Å². The summed E-state index contributed by atoms with van der Waals surface area (Å²) in [6.45, 7) is 4.74. The third-order valence-corrected chi connectivity index (χ3v) is 4.24. The Kier molecular flexibility index (Phi) is 8.33. The highest BCUT2D eigenvalue weighted by Crippen LogP contribution is 2.25. The number of rotatable bonds is 9. The lowest BCUT2D eigenvalue weighted by atomic mass is 10.2. The number of esters is 2. The van der Waals surface area contributed by atoms with Crippen LogP contribution in [0, 0.1) is 0 Å². The summed E-state index contributed by atoms with van der Waals surface area (Å²) in [7, 11) is 0. The van der Waals surface area contributed by atoms with Crippen LogP contribution < -0.4 is 9.47 Å². The van der Waals surface area contributed by atoms with Crippen molar-refractivity contribution in [3.05, 3.63) is 58.1 Å². The summed E-state index contributed by atoms with van der Waals surface area (Å²) in [5.74, 6) is -0.238. The number of unbranched alkanes of at least 4 members (excludes halogenated alkanes) is 2. The molecule has 0 unspecified atom stereocenters. The van der Waals surface area contributed by atoms with Gasteiger partial charge in [-0.1, -0.05) is 35.7 Å². The number of benzene rings is 2. The molecule has 0 N–H and O–H groups in total. The highest BCUT2D eigenvalue weighted by atomic mass is 79.9. The summed E-state index contributed by atoms with van der Waals surface area (Å²) in [6.07, 6.45) is 3.26. The minimum absolute atomic E-state index is 0.154. The molecule has 0 fully saturated rings. The fourth-order valence-electron chi connectivity index (χ4n) is 2.35. The molecule has 0 atom stereocenters. The van der Waals surface area contributed by atoms with Gasteiger partial charge in [-0.25, -0.2) is 9.59 Å². The molecule has 0 saturated heterocycles. The van der Waals surface area contributed by atoms with E-state index in [0.29, 0.717) is 22.4 Å². The molecule has 0 bridgehead atoms. The standard InChI is InChI=1S/C21H23BrO5/c1-3-5-6-13-26-17-10-7-15(8-11-17)20(23)27-19-12-9-16(22)14-18(19)21(24)25-4-2/h7-12,14H,3-6,13H2,1-2H3. The van der Waals surface area contributed by atoms with E-state index in [1.807, 2.05) is 0 Å². The molecule has 0 aliphatic heterocycles. The molecule has 2 aromatic carbocycles. The van der Waals surface area contributed by atoms with E-state index in [4.69, 9.17) is 14.2 Å². The van der Waals surface area contributed by atoms with E-state index in [2.05, 4.69) is 22.9 Å². The molecule has 0 aliphatic carbocycles. The van der Waals surface area contributed by atoms with Gasteiger partial charge in [0.05, 0.1) is 18.8 Å². The second-order valence-corrected chi connectivity index (χ2v) is 6.75. The van der Waals surface area contributed by atoms with Crippen LogP contribution in [0.25, 0.3) is 0 Å². The average Bonchev–Trinajstić information content (AvgIpc) is 2.67. The topological polar surface area (TPSA) is 61.8 Å². The second-order valence-electron chi connectivity index (χ2n) is 5.83. The van der Waals surface area contributed by atoms with Crippen LogP contribution >= 0.6 is 15.9 Å². The summed E-state index contributed by atoms with van der Waals surface area (Å²) in [5.41, 5.74) is 0.559. The maximum absolute atomic E-state index is 12.4. The van der Waals surface area contributed by atoms with E-state index >= 15 is 0 Å². The average molecular weight is 435 g/mol. The van der Waals surface area contributed by atoms with Gasteiger partial charge in [0.1, 0.15) is 17.1 Å². The maximum atomic E-state index is 12.4. The summed E-state index contributed by atoms with van der Waals surface area (Å²) < 4.78 is 16.7. The van der Waals surface area contributed by atoms with Crippen molar-refractivity contribution in [2.24, 2.45) is 0 Å². The van der Waals surface area contributed by atoms with Crippen molar-refractivity contribution in [2.75, 3.05) is 13.2 Å². The van der Waals surface area contributed by atoms with Crippen LogP contribution in [0.15, 0.2) is 46.9 Å². The Bertz CT molecular complexity index is 771. The number of hydrogen-bond acceptors (Lipinski definition) is 5. The number of carbonyl (C=O) groups excluding carboxylic acids is 2. The Morgan fingerprint density at radius 2 is 1.70 bits per heavy atom. The summed E-state index contributed by atoms with van der Waals surface area (Å²) >= 11 is 3.30. The smallest absolute Gasteiger partial charge is 0.343 e. The van der Waals surface area contributed by atoms with Crippen LogP contribution in [0.2, 0.25) is 0 Å². The number of halogens is 1. The van der Waals surface area contributed by atoms with Crippen molar-refractivity contribution in [3.63, 3.8) is 0 Å². The highest BCUT2D eigenvalue weighted by Gasteiger charge is 2.18. The van der Waals surface area contributed by atoms with E-state index < -0.39 is 11.9 Å². The zero-order chi connectivity index (χ0) is 19.6. The largest absolute Gasteiger partial charge is 0.494 e. The lowest BCUT2D eigenvalue weighted by Crippen LogP contribution is -2.13. The van der Waals surface area contributed by atoms with Crippen LogP contribution in [0.3, 0.4) is 0 Å². The molecular formula is C21H23BrO5. The zero-order valence-electron chi connectivity index (χ0n) is 15.5. The summed E-state index contributed by atoms with van der Waals surface area (Å²) in [6, 6.07) is 11.6. The normalized spacial score (nSPS) is 10.3. The fourth-order valence-corrected chi connectivity index (χ4v) is 2.71. The molecule has 27 heavy (non-hydrogen) atoms. The Labute approximate surface area is 167 Å². The summed E-state index contributed by atoms with van der Waals surface area (Å²) in [5, 5.41) is 0. The first kappa shape index (κ1) is 21.0. The first-order chi connectivity index (χ1) is 13.0. The Morgan fingerprint density at radius 3 is 2.37 bits per heavy atom. The van der Waals surface area contributed by atoms with E-state index in [-0.39, 0.29) is 17.9 Å². The molecule has 0 aliphatic rings. The zero-order valence-corrected chi connectivity index (χ0v) is 17.1. The quantitative estimate of drug-likeness (QED) is 0.299. The van der Waals surface area contributed by atoms with Gasteiger partial charge >= 0.3 is 11.9 Å². The van der Waals surface area contributed by atoms with Crippen LogP contribution in [0.5, 0.6) is 11.5 Å². The van der Waals surface area contributed by atoms with Gasteiger partial charge in [-0.3, -0.25) is 0 Å². The molecule has 0 heterocycles. The third-order valence-electron chi connectivity index (χ3n) is 3.75. The van der Waals surface area contributed by atoms with Crippen LogP contribution in [0.4, 0.5) is 0 Å². The number of carbonyl (C=O) groups is 2. The van der Waals surface area contributed by atoms with Crippen molar-refractivity contribution in [3.8, 4) is 11.5 Å². The molecule has 5 nitrogen and oxygen atoms in total. The molecule has 144 valence electrons. The van der Waals surface area contributed by atoms with Gasteiger partial charge in [0.15, 0.2) is 0 Å². The Balaban J connectivity index is 2.05. The van der Waals surface area contributed by atoms with Crippen molar-refractivity contribution >= 4 is 27.9 Å². The van der Waals surface area contributed by atoms with E-state index in [1.165, 1.54) is 0 Å². The molecule has 6 heteroatoms. The lowest BCUT2D eigenvalue weighted by molar-refractivity contribution is 0.0520. The monoisotopic (exact) mass is 434 g/mol. The van der Waals surface area contributed by atoms with E-state index in [9.17, 15) is 9.59 Å². The third kappa shape index (κ3) is 6.40. The fraction of sp³-hybridized carbons (Fsp3) is 0.333. The molecule has 2 aromatic rings. The first-order valence-corrected chi connectivity index (χ1v) is 9.76. The van der Waals surface area contributed by atoms with Gasteiger partial charge in [0.25, 0.3) is 0 Å². The maximum Gasteiger partial charge on any atom is 0.343 e. The first-order valence-electron chi connectivity index (χ1n) is 8.96. The lowest BCUT2D eigenvalue weighted by Gasteiger charge is -2.10.